The molecule has 1 aromatic carbocycles. The second kappa shape index (κ2) is 4.24. The SMILES string of the molecule is CO[C@]1(C)CC[C@@]2(CC1)Cc1ccc(Br)cc1N2. The average Bonchev–Trinajstić information content (AvgIpc) is 2.71. The Labute approximate surface area is 117 Å². The maximum Gasteiger partial charge on any atom is 0.0652 e. The molecule has 2 aliphatic rings. The topological polar surface area (TPSA) is 21.3 Å². The molecule has 0 amide bonds. The van der Waals surface area contributed by atoms with Gasteiger partial charge in [0.15, 0.2) is 0 Å². The summed E-state index contributed by atoms with van der Waals surface area (Å²) in [5, 5.41) is 3.77. The number of hydrogen-bond donors (Lipinski definition) is 1. The Morgan fingerprint density at radius 2 is 1.94 bits per heavy atom. The maximum atomic E-state index is 5.64. The van der Waals surface area contributed by atoms with Crippen molar-refractivity contribution in [2.75, 3.05) is 12.4 Å². The predicted octanol–water partition coefficient (Wildman–Crippen LogP) is 4.14. The van der Waals surface area contributed by atoms with E-state index < -0.39 is 0 Å². The highest BCUT2D eigenvalue weighted by molar-refractivity contribution is 9.10. The zero-order chi connectivity index (χ0) is 12.8. The minimum Gasteiger partial charge on any atom is -0.379 e. The Morgan fingerprint density at radius 3 is 2.61 bits per heavy atom. The number of rotatable bonds is 1. The third-order valence-corrected chi connectivity index (χ3v) is 5.25. The van der Waals surface area contributed by atoms with Gasteiger partial charge in [-0.15, -0.1) is 0 Å². The van der Waals surface area contributed by atoms with E-state index in [2.05, 4.69) is 46.4 Å². The second-order valence-corrected chi connectivity index (χ2v) is 6.95. The van der Waals surface area contributed by atoms with Crippen LogP contribution in [-0.2, 0) is 11.2 Å². The van der Waals surface area contributed by atoms with Crippen molar-refractivity contribution >= 4 is 21.6 Å². The fourth-order valence-corrected chi connectivity index (χ4v) is 3.64. The van der Waals surface area contributed by atoms with Gasteiger partial charge in [0.1, 0.15) is 0 Å². The summed E-state index contributed by atoms with van der Waals surface area (Å²) in [5.41, 5.74) is 3.13. The molecule has 1 N–H and O–H groups in total. The van der Waals surface area contributed by atoms with Crippen LogP contribution in [0.25, 0.3) is 0 Å². The zero-order valence-electron chi connectivity index (χ0n) is 11.1. The first-order chi connectivity index (χ1) is 8.54. The van der Waals surface area contributed by atoms with Crippen molar-refractivity contribution in [3.8, 4) is 0 Å². The molecule has 1 heterocycles. The highest BCUT2D eigenvalue weighted by Crippen LogP contribution is 2.45. The number of hydrogen-bond acceptors (Lipinski definition) is 2. The van der Waals surface area contributed by atoms with Gasteiger partial charge in [0, 0.05) is 22.8 Å². The van der Waals surface area contributed by atoms with E-state index in [0.717, 1.165) is 23.7 Å². The molecular weight excluding hydrogens is 290 g/mol. The van der Waals surface area contributed by atoms with Crippen molar-refractivity contribution in [3.63, 3.8) is 0 Å². The van der Waals surface area contributed by atoms with E-state index in [-0.39, 0.29) is 11.1 Å². The summed E-state index contributed by atoms with van der Waals surface area (Å²) < 4.78 is 6.80. The molecule has 0 atom stereocenters. The highest BCUT2D eigenvalue weighted by atomic mass is 79.9. The van der Waals surface area contributed by atoms with E-state index in [1.807, 2.05) is 7.11 Å². The van der Waals surface area contributed by atoms with Gasteiger partial charge in [0.05, 0.1) is 5.60 Å². The first-order valence-corrected chi connectivity index (χ1v) is 7.45. The second-order valence-electron chi connectivity index (χ2n) is 6.04. The molecule has 0 unspecified atom stereocenters. The lowest BCUT2D eigenvalue weighted by atomic mass is 9.73. The van der Waals surface area contributed by atoms with Gasteiger partial charge in [-0.25, -0.2) is 0 Å². The molecule has 1 aliphatic carbocycles. The van der Waals surface area contributed by atoms with Gasteiger partial charge in [-0.2, -0.15) is 0 Å². The van der Waals surface area contributed by atoms with Gasteiger partial charge in [-0.3, -0.25) is 0 Å². The summed E-state index contributed by atoms with van der Waals surface area (Å²) in [7, 11) is 1.84. The number of nitrogens with one attached hydrogen (secondary N) is 1. The van der Waals surface area contributed by atoms with Crippen LogP contribution in [0.5, 0.6) is 0 Å². The fraction of sp³-hybridized carbons (Fsp3) is 0.600. The molecule has 98 valence electrons. The van der Waals surface area contributed by atoms with Gasteiger partial charge >= 0.3 is 0 Å². The Kier molecular flexibility index (Phi) is 2.94. The van der Waals surface area contributed by atoms with Crippen molar-refractivity contribution in [2.24, 2.45) is 0 Å². The Bertz CT molecular complexity index is 464. The van der Waals surface area contributed by atoms with Gasteiger partial charge in [-0.05, 0) is 56.7 Å². The maximum absolute atomic E-state index is 5.64. The van der Waals surface area contributed by atoms with Crippen LogP contribution >= 0.6 is 15.9 Å². The van der Waals surface area contributed by atoms with Gasteiger partial charge in [0.2, 0.25) is 0 Å². The molecule has 0 bridgehead atoms. The fourth-order valence-electron chi connectivity index (χ4n) is 3.28. The minimum absolute atomic E-state index is 0.0856. The van der Waals surface area contributed by atoms with Crippen LogP contribution < -0.4 is 5.32 Å². The van der Waals surface area contributed by atoms with E-state index in [9.17, 15) is 0 Å². The Hall–Kier alpha value is -0.540. The lowest BCUT2D eigenvalue weighted by Gasteiger charge is -2.42. The third kappa shape index (κ3) is 2.08. The summed E-state index contributed by atoms with van der Waals surface area (Å²) >= 11 is 3.55. The van der Waals surface area contributed by atoms with Gasteiger partial charge < -0.3 is 10.1 Å². The molecule has 1 saturated carbocycles. The number of benzene rings is 1. The molecule has 3 heteroatoms. The zero-order valence-corrected chi connectivity index (χ0v) is 12.6. The van der Waals surface area contributed by atoms with Crippen LogP contribution in [0.15, 0.2) is 22.7 Å². The number of anilines is 1. The molecule has 2 nitrogen and oxygen atoms in total. The predicted molar refractivity (Wildman–Crippen MR) is 78.1 cm³/mol. The molecule has 3 rings (SSSR count). The molecule has 1 fully saturated rings. The average molecular weight is 310 g/mol. The van der Waals surface area contributed by atoms with E-state index in [4.69, 9.17) is 4.74 Å². The summed E-state index contributed by atoms with van der Waals surface area (Å²) in [5.74, 6) is 0. The third-order valence-electron chi connectivity index (χ3n) is 4.76. The molecule has 0 aromatic heterocycles. The quantitative estimate of drug-likeness (QED) is 0.842. The molecular formula is C15H20BrNO. The number of fused-ring (bicyclic) bond motifs is 1. The highest BCUT2D eigenvalue weighted by Gasteiger charge is 2.43. The van der Waals surface area contributed by atoms with Crippen LogP contribution in [0.3, 0.4) is 0 Å². The van der Waals surface area contributed by atoms with Gasteiger partial charge in [0.25, 0.3) is 0 Å². The summed E-state index contributed by atoms with van der Waals surface area (Å²) in [6.07, 6.45) is 5.85. The van der Waals surface area contributed by atoms with E-state index >= 15 is 0 Å². The van der Waals surface area contributed by atoms with Crippen molar-refractivity contribution < 1.29 is 4.74 Å². The number of halogens is 1. The van der Waals surface area contributed by atoms with Crippen LogP contribution in [0, 0.1) is 0 Å². The van der Waals surface area contributed by atoms with E-state index in [1.54, 1.807) is 0 Å². The summed E-state index contributed by atoms with van der Waals surface area (Å²) in [4.78, 5) is 0. The smallest absolute Gasteiger partial charge is 0.0652 e. The normalized spacial score (nSPS) is 34.4. The van der Waals surface area contributed by atoms with Crippen molar-refractivity contribution in [1.29, 1.82) is 0 Å². The standard InChI is InChI=1S/C15H20BrNO/c1-14(18-2)5-7-15(8-6-14)10-11-3-4-12(16)9-13(11)17-15/h3-4,9,17H,5-8,10H2,1-2H3/t14-,15-. The largest absolute Gasteiger partial charge is 0.379 e. The van der Waals surface area contributed by atoms with E-state index in [1.165, 1.54) is 24.1 Å². The first-order valence-electron chi connectivity index (χ1n) is 6.66. The van der Waals surface area contributed by atoms with Gasteiger partial charge in [-0.1, -0.05) is 22.0 Å². The van der Waals surface area contributed by atoms with Crippen LogP contribution in [0.4, 0.5) is 5.69 Å². The Morgan fingerprint density at radius 1 is 1.22 bits per heavy atom. The lowest BCUT2D eigenvalue weighted by molar-refractivity contribution is -0.0349. The van der Waals surface area contributed by atoms with Crippen LogP contribution in [0.2, 0.25) is 0 Å². The lowest BCUT2D eigenvalue weighted by Crippen LogP contribution is -2.46. The molecule has 0 saturated heterocycles. The van der Waals surface area contributed by atoms with Crippen molar-refractivity contribution in [2.45, 2.75) is 50.2 Å². The molecule has 1 spiro atoms. The first kappa shape index (κ1) is 12.5. The molecule has 0 radical (unpaired) electrons. The molecule has 18 heavy (non-hydrogen) atoms. The summed E-state index contributed by atoms with van der Waals surface area (Å²) in [6, 6.07) is 6.58. The minimum atomic E-state index is 0.0856. The monoisotopic (exact) mass is 309 g/mol. The molecule has 1 aromatic rings. The van der Waals surface area contributed by atoms with Crippen LogP contribution in [0.1, 0.15) is 38.2 Å². The Balaban J connectivity index is 1.78. The van der Waals surface area contributed by atoms with E-state index in [0.29, 0.717) is 0 Å². The molecule has 1 aliphatic heterocycles. The number of ether oxygens (including phenoxy) is 1. The van der Waals surface area contributed by atoms with Crippen LogP contribution in [-0.4, -0.2) is 18.2 Å². The van der Waals surface area contributed by atoms with Crippen molar-refractivity contribution in [1.82, 2.24) is 0 Å². The summed E-state index contributed by atoms with van der Waals surface area (Å²) in [6.45, 7) is 2.23. The van der Waals surface area contributed by atoms with Crippen molar-refractivity contribution in [3.05, 3.63) is 28.2 Å². The number of methoxy groups -OCH3 is 1.